The van der Waals surface area contributed by atoms with Gasteiger partial charge >= 0.3 is 0 Å². The van der Waals surface area contributed by atoms with E-state index in [1.807, 2.05) is 26.0 Å². The molecule has 0 amide bonds. The molecule has 2 aliphatic heterocycles. The van der Waals surface area contributed by atoms with E-state index < -0.39 is 6.10 Å². The number of aliphatic hydroxyl groups is 1. The number of para-hydroxylation sites is 1. The Morgan fingerprint density at radius 1 is 1.06 bits per heavy atom. The summed E-state index contributed by atoms with van der Waals surface area (Å²) < 4.78 is 11.2. The topological polar surface area (TPSA) is 62.2 Å². The monoisotopic (exact) mass is 430 g/mol. The summed E-state index contributed by atoms with van der Waals surface area (Å²) in [5.41, 5.74) is 1.16. The molecule has 1 N–H and O–H groups in total. The maximum Gasteiger partial charge on any atom is 0.231 e. The van der Waals surface area contributed by atoms with Crippen LogP contribution in [0.2, 0.25) is 0 Å². The molecule has 0 spiro atoms. The summed E-state index contributed by atoms with van der Waals surface area (Å²) in [6.07, 6.45) is 5.75. The van der Waals surface area contributed by atoms with Gasteiger partial charge in [0.25, 0.3) is 0 Å². The summed E-state index contributed by atoms with van der Waals surface area (Å²) in [4.78, 5) is 17.2. The number of anilines is 1. The van der Waals surface area contributed by atoms with Crippen molar-refractivity contribution in [3.63, 3.8) is 0 Å². The van der Waals surface area contributed by atoms with Crippen LogP contribution in [-0.2, 0) is 4.79 Å². The van der Waals surface area contributed by atoms with Crippen molar-refractivity contribution in [3.05, 3.63) is 18.2 Å². The van der Waals surface area contributed by atoms with Gasteiger partial charge in [0, 0.05) is 32.6 Å². The fourth-order valence-corrected chi connectivity index (χ4v) is 5.24. The second-order valence-electron chi connectivity index (χ2n) is 9.87. The number of hydrogen-bond acceptors (Lipinski definition) is 6. The number of carbonyl (C=O) groups excluding carboxylic acids is 1. The van der Waals surface area contributed by atoms with Crippen LogP contribution >= 0.6 is 0 Å². The normalized spacial score (nSPS) is 25.1. The molecule has 0 unspecified atom stereocenters. The fourth-order valence-electron chi connectivity index (χ4n) is 5.24. The van der Waals surface area contributed by atoms with E-state index in [0.717, 1.165) is 62.1 Å². The number of carbonyl (C=O) groups is 1. The molecule has 1 saturated heterocycles. The molecule has 1 aliphatic carbocycles. The molecule has 1 atom stereocenters. The number of piperazine rings is 1. The van der Waals surface area contributed by atoms with E-state index in [1.165, 1.54) is 25.8 Å². The summed E-state index contributed by atoms with van der Waals surface area (Å²) >= 11 is 0. The van der Waals surface area contributed by atoms with Crippen molar-refractivity contribution in [2.75, 3.05) is 44.4 Å². The highest BCUT2D eigenvalue weighted by Crippen LogP contribution is 2.41. The molecule has 172 valence electrons. The minimum absolute atomic E-state index is 0.0213. The van der Waals surface area contributed by atoms with E-state index in [1.54, 1.807) is 0 Å². The number of fused-ring (bicyclic) bond motifs is 1. The van der Waals surface area contributed by atoms with Gasteiger partial charge in [-0.15, -0.1) is 0 Å². The number of aliphatic hydroxyl groups excluding tert-OH is 1. The Morgan fingerprint density at radius 3 is 2.48 bits per heavy atom. The maximum atomic E-state index is 12.2. The fraction of sp³-hybridized carbons (Fsp3) is 0.720. The summed E-state index contributed by atoms with van der Waals surface area (Å²) in [6, 6.07) is 6.15. The molecule has 6 heteroatoms. The average Bonchev–Trinajstić information content (AvgIpc) is 3.27. The van der Waals surface area contributed by atoms with Crippen LogP contribution in [-0.4, -0.2) is 61.4 Å². The zero-order valence-corrected chi connectivity index (χ0v) is 19.1. The summed E-state index contributed by atoms with van der Waals surface area (Å²) in [7, 11) is 0. The Kier molecular flexibility index (Phi) is 7.39. The van der Waals surface area contributed by atoms with Crippen LogP contribution in [0.1, 0.15) is 52.4 Å². The molecular weight excluding hydrogens is 392 g/mol. The maximum absolute atomic E-state index is 12.2. The number of hydrogen-bond donors (Lipinski definition) is 1. The molecule has 2 fully saturated rings. The minimum Gasteiger partial charge on any atom is -0.454 e. The first-order valence-electron chi connectivity index (χ1n) is 12.1. The lowest BCUT2D eigenvalue weighted by Crippen LogP contribution is -2.47. The Morgan fingerprint density at radius 2 is 1.77 bits per heavy atom. The van der Waals surface area contributed by atoms with Crippen LogP contribution in [0.25, 0.3) is 0 Å². The molecule has 4 rings (SSSR count). The highest BCUT2D eigenvalue weighted by molar-refractivity contribution is 5.83. The number of benzene rings is 1. The standard InChI is InChI=1S/C25H38N2O4/c1-18(2)24(29)22(28)16-20-8-6-19(7-9-20)10-11-26-12-14-27(15-13-26)21-4-3-5-23-25(21)31-17-30-23/h3-5,18-20,24,29H,6-17H2,1-2H3/t19?,20?,24-/m0/s1. The lowest BCUT2D eigenvalue weighted by atomic mass is 9.77. The first-order chi connectivity index (χ1) is 15.0. The van der Waals surface area contributed by atoms with E-state index in [-0.39, 0.29) is 11.7 Å². The van der Waals surface area contributed by atoms with Crippen LogP contribution in [0.5, 0.6) is 11.5 Å². The van der Waals surface area contributed by atoms with E-state index >= 15 is 0 Å². The van der Waals surface area contributed by atoms with Gasteiger partial charge in [-0.25, -0.2) is 0 Å². The van der Waals surface area contributed by atoms with E-state index in [9.17, 15) is 9.90 Å². The smallest absolute Gasteiger partial charge is 0.231 e. The van der Waals surface area contributed by atoms with Crippen LogP contribution in [0.3, 0.4) is 0 Å². The number of Topliss-reactive ketones (excluding diaryl/α,β-unsaturated/α-hetero) is 1. The quantitative estimate of drug-likeness (QED) is 0.678. The van der Waals surface area contributed by atoms with Gasteiger partial charge in [0.15, 0.2) is 17.3 Å². The van der Waals surface area contributed by atoms with Gasteiger partial charge in [-0.1, -0.05) is 32.8 Å². The third-order valence-electron chi connectivity index (χ3n) is 7.36. The zero-order valence-electron chi connectivity index (χ0n) is 19.1. The van der Waals surface area contributed by atoms with Crippen LogP contribution in [0, 0.1) is 17.8 Å². The predicted octanol–water partition coefficient (Wildman–Crippen LogP) is 3.71. The Hall–Kier alpha value is -1.79. The third kappa shape index (κ3) is 5.53. The second-order valence-corrected chi connectivity index (χ2v) is 9.87. The first kappa shape index (κ1) is 22.4. The van der Waals surface area contributed by atoms with Crippen molar-refractivity contribution < 1.29 is 19.4 Å². The van der Waals surface area contributed by atoms with Crippen LogP contribution in [0.4, 0.5) is 5.69 Å². The minimum atomic E-state index is -0.785. The van der Waals surface area contributed by atoms with Crippen molar-refractivity contribution in [1.82, 2.24) is 4.90 Å². The van der Waals surface area contributed by atoms with Crippen LogP contribution in [0.15, 0.2) is 18.2 Å². The predicted molar refractivity (Wildman–Crippen MR) is 122 cm³/mol. The number of ether oxygens (including phenoxy) is 2. The number of ketones is 1. The lowest BCUT2D eigenvalue weighted by Gasteiger charge is -2.37. The Balaban J connectivity index is 1.15. The molecule has 2 heterocycles. The summed E-state index contributed by atoms with van der Waals surface area (Å²) in [5, 5.41) is 9.97. The largest absolute Gasteiger partial charge is 0.454 e. The van der Waals surface area contributed by atoms with Gasteiger partial charge in [-0.2, -0.15) is 0 Å². The zero-order chi connectivity index (χ0) is 21.8. The van der Waals surface area contributed by atoms with Crippen molar-refractivity contribution in [3.8, 4) is 11.5 Å². The summed E-state index contributed by atoms with van der Waals surface area (Å²) in [6.45, 7) is 9.52. The molecular formula is C25H38N2O4. The van der Waals surface area contributed by atoms with Gasteiger partial charge < -0.3 is 19.5 Å². The molecule has 1 aromatic carbocycles. The molecule has 0 bridgehead atoms. The van der Waals surface area contributed by atoms with Gasteiger partial charge in [-0.05, 0) is 55.7 Å². The van der Waals surface area contributed by atoms with Gasteiger partial charge in [0.05, 0.1) is 5.69 Å². The van der Waals surface area contributed by atoms with Gasteiger partial charge in [0.2, 0.25) is 6.79 Å². The van der Waals surface area contributed by atoms with Gasteiger partial charge in [-0.3, -0.25) is 9.69 Å². The lowest BCUT2D eigenvalue weighted by molar-refractivity contribution is -0.130. The van der Waals surface area contributed by atoms with Crippen molar-refractivity contribution >= 4 is 11.5 Å². The highest BCUT2D eigenvalue weighted by atomic mass is 16.7. The number of nitrogens with zero attached hydrogens (tertiary/aromatic N) is 2. The van der Waals surface area contributed by atoms with Gasteiger partial charge in [0.1, 0.15) is 6.10 Å². The van der Waals surface area contributed by atoms with E-state index in [2.05, 4.69) is 15.9 Å². The molecule has 3 aliphatic rings. The molecule has 1 aromatic rings. The summed E-state index contributed by atoms with van der Waals surface area (Å²) in [5.74, 6) is 3.07. The SMILES string of the molecule is CC(C)[C@H](O)C(=O)CC1CCC(CCN2CCN(c3cccc4c3OCO4)CC2)CC1. The average molecular weight is 431 g/mol. The third-order valence-corrected chi connectivity index (χ3v) is 7.36. The molecule has 1 saturated carbocycles. The van der Waals surface area contributed by atoms with Crippen LogP contribution < -0.4 is 14.4 Å². The first-order valence-corrected chi connectivity index (χ1v) is 12.1. The van der Waals surface area contributed by atoms with Crippen molar-refractivity contribution in [1.29, 1.82) is 0 Å². The van der Waals surface area contributed by atoms with Crippen molar-refractivity contribution in [2.45, 2.75) is 58.5 Å². The molecule has 0 aromatic heterocycles. The Bertz CT molecular complexity index is 737. The van der Waals surface area contributed by atoms with Crippen molar-refractivity contribution in [2.24, 2.45) is 17.8 Å². The number of rotatable bonds is 8. The second kappa shape index (κ2) is 10.2. The molecule has 31 heavy (non-hydrogen) atoms. The van der Waals surface area contributed by atoms with E-state index in [4.69, 9.17) is 9.47 Å². The molecule has 0 radical (unpaired) electrons. The van der Waals surface area contributed by atoms with E-state index in [0.29, 0.717) is 19.1 Å². The highest BCUT2D eigenvalue weighted by Gasteiger charge is 2.28. The Labute approximate surface area is 186 Å². The molecule has 6 nitrogen and oxygen atoms in total.